The van der Waals surface area contributed by atoms with Gasteiger partial charge in [0.05, 0.1) is 5.69 Å². The molecule has 0 N–H and O–H groups in total. The third kappa shape index (κ3) is 4.88. The van der Waals surface area contributed by atoms with Crippen LogP contribution < -0.4 is 9.80 Å². The molecule has 0 spiro atoms. The topological polar surface area (TPSA) is 32.3 Å². The molecule has 0 bridgehead atoms. The fraction of sp³-hybridized carbons (Fsp3) is 0. The minimum atomic E-state index is 0.806. The Balaban J connectivity index is 1.43. The molecular formula is C34H26N4. The van der Waals surface area contributed by atoms with Crippen molar-refractivity contribution in [3.63, 3.8) is 0 Å². The zero-order chi connectivity index (χ0) is 25.6. The molecule has 0 aliphatic heterocycles. The fourth-order valence-electron chi connectivity index (χ4n) is 4.56. The van der Waals surface area contributed by atoms with E-state index in [0.717, 1.165) is 45.6 Å². The summed E-state index contributed by atoms with van der Waals surface area (Å²) in [5.41, 5.74) is 6.20. The first-order valence-electron chi connectivity index (χ1n) is 12.6. The lowest BCUT2D eigenvalue weighted by atomic mass is 10.1. The van der Waals surface area contributed by atoms with Gasteiger partial charge in [0.15, 0.2) is 0 Å². The van der Waals surface area contributed by atoms with Crippen LogP contribution in [0.3, 0.4) is 0 Å². The summed E-state index contributed by atoms with van der Waals surface area (Å²) >= 11 is 0. The Bertz CT molecular complexity index is 1400. The Kier molecular flexibility index (Phi) is 6.60. The summed E-state index contributed by atoms with van der Waals surface area (Å²) in [6.07, 6.45) is 1.81. The smallest absolute Gasteiger partial charge is 0.139 e. The van der Waals surface area contributed by atoms with Crippen molar-refractivity contribution in [3.8, 4) is 11.3 Å². The molecule has 6 aromatic rings. The lowest BCUT2D eigenvalue weighted by molar-refractivity contribution is 1.13. The molecule has 0 aliphatic rings. The van der Waals surface area contributed by atoms with Crippen LogP contribution in [0.15, 0.2) is 158 Å². The van der Waals surface area contributed by atoms with Gasteiger partial charge in [0, 0.05) is 34.5 Å². The van der Waals surface area contributed by atoms with Gasteiger partial charge >= 0.3 is 0 Å². The Morgan fingerprint density at radius 1 is 0.395 bits per heavy atom. The van der Waals surface area contributed by atoms with Crippen LogP contribution in [0.2, 0.25) is 0 Å². The molecule has 0 fully saturated rings. The maximum atomic E-state index is 5.11. The molecule has 0 amide bonds. The minimum absolute atomic E-state index is 0.806. The zero-order valence-electron chi connectivity index (χ0n) is 20.8. The number of nitrogens with zero attached hydrogens (tertiary/aromatic N) is 4. The zero-order valence-corrected chi connectivity index (χ0v) is 20.8. The van der Waals surface area contributed by atoms with E-state index in [2.05, 4.69) is 112 Å². The van der Waals surface area contributed by atoms with Crippen LogP contribution in [-0.4, -0.2) is 9.97 Å². The highest BCUT2D eigenvalue weighted by Crippen LogP contribution is 2.37. The molecule has 4 nitrogen and oxygen atoms in total. The van der Waals surface area contributed by atoms with Gasteiger partial charge in [0.25, 0.3) is 0 Å². The molecule has 2 aromatic heterocycles. The van der Waals surface area contributed by atoms with E-state index in [1.165, 1.54) is 0 Å². The molecule has 38 heavy (non-hydrogen) atoms. The monoisotopic (exact) mass is 490 g/mol. The molecule has 6 rings (SSSR count). The summed E-state index contributed by atoms with van der Waals surface area (Å²) in [7, 11) is 0. The highest BCUT2D eigenvalue weighted by molar-refractivity contribution is 5.80. The second kappa shape index (κ2) is 10.8. The molecule has 4 aromatic carbocycles. The van der Waals surface area contributed by atoms with Crippen LogP contribution in [0.4, 0.5) is 34.4 Å². The fourth-order valence-corrected chi connectivity index (χ4v) is 4.56. The van der Waals surface area contributed by atoms with Crippen molar-refractivity contribution in [2.75, 3.05) is 9.80 Å². The van der Waals surface area contributed by atoms with Gasteiger partial charge in [-0.25, -0.2) is 9.97 Å². The first kappa shape index (κ1) is 23.2. The van der Waals surface area contributed by atoms with E-state index >= 15 is 0 Å². The number of anilines is 6. The lowest BCUT2D eigenvalue weighted by Gasteiger charge is -2.26. The van der Waals surface area contributed by atoms with E-state index in [0.29, 0.717) is 0 Å². The van der Waals surface area contributed by atoms with Crippen molar-refractivity contribution in [1.82, 2.24) is 9.97 Å². The van der Waals surface area contributed by atoms with E-state index < -0.39 is 0 Å². The number of pyridine rings is 2. The van der Waals surface area contributed by atoms with E-state index in [4.69, 9.17) is 4.98 Å². The molecule has 2 heterocycles. The summed E-state index contributed by atoms with van der Waals surface area (Å²) in [5.74, 6) is 1.62. The van der Waals surface area contributed by atoms with Gasteiger partial charge in [-0.15, -0.1) is 0 Å². The Morgan fingerprint density at radius 2 is 0.921 bits per heavy atom. The van der Waals surface area contributed by atoms with Crippen LogP contribution in [0.1, 0.15) is 0 Å². The van der Waals surface area contributed by atoms with Crippen LogP contribution in [0, 0.1) is 0 Å². The number of benzene rings is 4. The van der Waals surface area contributed by atoms with Gasteiger partial charge in [-0.1, -0.05) is 78.9 Å². The molecule has 0 saturated heterocycles. The van der Waals surface area contributed by atoms with Crippen molar-refractivity contribution in [1.29, 1.82) is 0 Å². The van der Waals surface area contributed by atoms with Crippen LogP contribution in [0.25, 0.3) is 11.3 Å². The number of rotatable bonds is 7. The van der Waals surface area contributed by atoms with Crippen molar-refractivity contribution >= 4 is 34.4 Å². The number of para-hydroxylation sites is 3. The molecule has 4 heteroatoms. The lowest BCUT2D eigenvalue weighted by Crippen LogP contribution is -2.13. The van der Waals surface area contributed by atoms with Gasteiger partial charge in [0.1, 0.15) is 11.6 Å². The maximum Gasteiger partial charge on any atom is 0.139 e. The summed E-state index contributed by atoms with van der Waals surface area (Å²) in [5, 5.41) is 0. The Morgan fingerprint density at radius 3 is 1.53 bits per heavy atom. The quantitative estimate of drug-likeness (QED) is 0.223. The molecule has 0 atom stereocenters. The van der Waals surface area contributed by atoms with Crippen molar-refractivity contribution in [2.45, 2.75) is 0 Å². The minimum Gasteiger partial charge on any atom is -0.310 e. The molecule has 0 radical (unpaired) electrons. The van der Waals surface area contributed by atoms with Gasteiger partial charge in [0.2, 0.25) is 0 Å². The SMILES string of the molecule is c1ccc(N(c2ccccc2)c2cccc(-c3cccc(N(c4ccccc4)c4ccccn4)n3)c2)cc1. The van der Waals surface area contributed by atoms with Gasteiger partial charge in [-0.3, -0.25) is 4.90 Å². The van der Waals surface area contributed by atoms with Crippen molar-refractivity contribution < 1.29 is 0 Å². The number of aromatic nitrogens is 2. The highest BCUT2D eigenvalue weighted by atomic mass is 15.2. The molecule has 0 saturated carbocycles. The number of hydrogen-bond acceptors (Lipinski definition) is 4. The molecule has 0 unspecified atom stereocenters. The first-order chi connectivity index (χ1) is 18.9. The van der Waals surface area contributed by atoms with Gasteiger partial charge in [-0.2, -0.15) is 0 Å². The van der Waals surface area contributed by atoms with Crippen LogP contribution in [-0.2, 0) is 0 Å². The maximum absolute atomic E-state index is 5.11. The second-order valence-corrected chi connectivity index (χ2v) is 8.80. The molecular weight excluding hydrogens is 464 g/mol. The van der Waals surface area contributed by atoms with Gasteiger partial charge < -0.3 is 4.90 Å². The van der Waals surface area contributed by atoms with E-state index in [9.17, 15) is 0 Å². The predicted octanol–water partition coefficient (Wildman–Crippen LogP) is 9.08. The highest BCUT2D eigenvalue weighted by Gasteiger charge is 2.16. The van der Waals surface area contributed by atoms with E-state index in [1.54, 1.807) is 6.20 Å². The summed E-state index contributed by atoms with van der Waals surface area (Å²) in [6.45, 7) is 0. The average Bonchev–Trinajstić information content (AvgIpc) is 3.00. The Labute approximate surface area is 223 Å². The van der Waals surface area contributed by atoms with Crippen LogP contribution in [0.5, 0.6) is 0 Å². The van der Waals surface area contributed by atoms with Crippen LogP contribution >= 0.6 is 0 Å². The second-order valence-electron chi connectivity index (χ2n) is 8.80. The standard InChI is InChI=1S/C34H26N4/c1-4-15-28(16-5-1)37(29-17-6-2-7-18-29)31-21-12-14-27(26-31)32-22-13-24-34(36-32)38(30-19-8-3-9-20-30)33-23-10-11-25-35-33/h1-26H. The summed E-state index contributed by atoms with van der Waals surface area (Å²) in [6, 6.07) is 51.6. The van der Waals surface area contributed by atoms with Crippen molar-refractivity contribution in [3.05, 3.63) is 158 Å². The first-order valence-corrected chi connectivity index (χ1v) is 12.6. The third-order valence-corrected chi connectivity index (χ3v) is 6.29. The summed E-state index contributed by atoms with van der Waals surface area (Å²) < 4.78 is 0. The number of hydrogen-bond donors (Lipinski definition) is 0. The van der Waals surface area contributed by atoms with E-state index in [1.807, 2.05) is 54.6 Å². The largest absolute Gasteiger partial charge is 0.310 e. The molecule has 182 valence electrons. The van der Waals surface area contributed by atoms with Gasteiger partial charge in [-0.05, 0) is 72.8 Å². The third-order valence-electron chi connectivity index (χ3n) is 6.29. The Hall–Kier alpha value is -5.22. The predicted molar refractivity (Wildman–Crippen MR) is 157 cm³/mol. The molecule has 0 aliphatic carbocycles. The summed E-state index contributed by atoms with van der Waals surface area (Å²) in [4.78, 5) is 14.1. The normalized spacial score (nSPS) is 10.6. The average molecular weight is 491 g/mol. The van der Waals surface area contributed by atoms with E-state index in [-0.39, 0.29) is 0 Å². The van der Waals surface area contributed by atoms with Crippen molar-refractivity contribution in [2.24, 2.45) is 0 Å².